The van der Waals surface area contributed by atoms with Gasteiger partial charge in [-0.05, 0) is 36.4 Å². The Balaban J connectivity index is 1.59. The van der Waals surface area contributed by atoms with Crippen LogP contribution >= 0.6 is 0 Å². The fourth-order valence-corrected chi connectivity index (χ4v) is 3.84. The smallest absolute Gasteiger partial charge is 0.337 e. The number of ether oxygens (including phenoxy) is 2. The molecule has 3 aromatic carbocycles. The highest BCUT2D eigenvalue weighted by Gasteiger charge is 2.17. The quantitative estimate of drug-likeness (QED) is 0.284. The molecular weight excluding hydrogens is 462 g/mol. The second-order valence-corrected chi connectivity index (χ2v) is 7.79. The van der Waals surface area contributed by atoms with Crippen molar-refractivity contribution in [2.75, 3.05) is 19.5 Å². The Kier molecular flexibility index (Phi) is 5.83. The van der Waals surface area contributed by atoms with Crippen LogP contribution in [-0.4, -0.2) is 51.5 Å². The predicted molar refractivity (Wildman–Crippen MR) is 131 cm³/mol. The zero-order valence-electron chi connectivity index (χ0n) is 19.3. The number of esters is 2. The Labute approximate surface area is 204 Å². The van der Waals surface area contributed by atoms with E-state index in [1.54, 1.807) is 34.7 Å². The van der Waals surface area contributed by atoms with E-state index in [1.807, 2.05) is 18.2 Å². The first kappa shape index (κ1) is 22.7. The second kappa shape index (κ2) is 9.26. The fraction of sp³-hybridized carbons (Fsp3) is 0.0769. The van der Waals surface area contributed by atoms with E-state index in [9.17, 15) is 14.4 Å². The second-order valence-electron chi connectivity index (χ2n) is 7.79. The third kappa shape index (κ3) is 4.11. The van der Waals surface area contributed by atoms with Crippen molar-refractivity contribution in [1.82, 2.24) is 19.6 Å². The van der Waals surface area contributed by atoms with Crippen molar-refractivity contribution < 1.29 is 23.9 Å². The first-order chi connectivity index (χ1) is 17.5. The topological polar surface area (TPSA) is 125 Å². The van der Waals surface area contributed by atoms with Crippen LogP contribution in [0.15, 0.2) is 73.1 Å². The maximum Gasteiger partial charge on any atom is 0.337 e. The van der Waals surface area contributed by atoms with Gasteiger partial charge < -0.3 is 14.8 Å². The summed E-state index contributed by atoms with van der Waals surface area (Å²) in [5.74, 6) is -1.01. The van der Waals surface area contributed by atoms with Crippen LogP contribution in [-0.2, 0) is 9.47 Å². The maximum atomic E-state index is 12.9. The van der Waals surface area contributed by atoms with Crippen LogP contribution in [0.1, 0.15) is 36.6 Å². The molecule has 0 radical (unpaired) electrons. The van der Waals surface area contributed by atoms with Gasteiger partial charge in [-0.1, -0.05) is 30.3 Å². The van der Waals surface area contributed by atoms with Gasteiger partial charge in [-0.2, -0.15) is 0 Å². The lowest BCUT2D eigenvalue weighted by molar-refractivity contribution is 0.0599. The predicted octanol–water partition coefficient (Wildman–Crippen LogP) is 3.83. The Hall–Kier alpha value is -5.12. The first-order valence-electron chi connectivity index (χ1n) is 10.8. The summed E-state index contributed by atoms with van der Waals surface area (Å²) in [5.41, 5.74) is 3.39. The summed E-state index contributed by atoms with van der Waals surface area (Å²) in [5, 5.41) is 11.3. The number of hydrogen-bond donors (Lipinski definition) is 1. The van der Waals surface area contributed by atoms with Crippen molar-refractivity contribution in [2.45, 2.75) is 0 Å². The van der Waals surface area contributed by atoms with E-state index >= 15 is 0 Å². The maximum absolute atomic E-state index is 12.9. The number of ketones is 1. The van der Waals surface area contributed by atoms with E-state index in [0.717, 1.165) is 0 Å². The molecule has 0 amide bonds. The Morgan fingerprint density at radius 2 is 1.50 bits per heavy atom. The van der Waals surface area contributed by atoms with Crippen molar-refractivity contribution in [3.63, 3.8) is 0 Å². The molecule has 0 unspecified atom stereocenters. The first-order valence-corrected chi connectivity index (χ1v) is 10.8. The molecule has 0 saturated heterocycles. The third-order valence-electron chi connectivity index (χ3n) is 5.56. The summed E-state index contributed by atoms with van der Waals surface area (Å²) < 4.78 is 11.3. The molecule has 0 aliphatic rings. The highest BCUT2D eigenvalue weighted by atomic mass is 16.5. The van der Waals surface area contributed by atoms with Crippen molar-refractivity contribution >= 4 is 45.9 Å². The number of carbonyl (C=O) groups is 3. The van der Waals surface area contributed by atoms with E-state index in [2.05, 4.69) is 20.5 Å². The van der Waals surface area contributed by atoms with Gasteiger partial charge in [-0.25, -0.2) is 14.6 Å². The number of nitrogens with zero attached hydrogens (tertiary/aromatic N) is 4. The van der Waals surface area contributed by atoms with E-state index in [1.165, 1.54) is 38.7 Å². The molecule has 0 aliphatic carbocycles. The van der Waals surface area contributed by atoms with Crippen molar-refractivity contribution in [3.05, 3.63) is 95.3 Å². The average molecular weight is 481 g/mol. The van der Waals surface area contributed by atoms with Crippen LogP contribution < -0.4 is 5.32 Å². The molecule has 5 rings (SSSR count). The standard InChI is InChI=1S/C26H19N5O5/c1-35-25(33)17-10-18(26(34)36-2)12-19(11-17)28-23-24-30-27-14-31(24)21-13-16(8-9-20(21)29-23)22(32)15-6-4-3-5-7-15/h3-14H,1-2H3,(H,28,29). The average Bonchev–Trinajstić information content (AvgIpc) is 3.43. The number of benzene rings is 3. The van der Waals surface area contributed by atoms with Gasteiger partial charge >= 0.3 is 11.9 Å². The van der Waals surface area contributed by atoms with E-state index in [4.69, 9.17) is 9.47 Å². The number of anilines is 2. The number of fused-ring (bicyclic) bond motifs is 3. The molecule has 10 nitrogen and oxygen atoms in total. The normalized spacial score (nSPS) is 10.8. The minimum absolute atomic E-state index is 0.115. The van der Waals surface area contributed by atoms with Gasteiger partial charge in [0.25, 0.3) is 0 Å². The zero-order valence-corrected chi connectivity index (χ0v) is 19.3. The summed E-state index contributed by atoms with van der Waals surface area (Å²) in [4.78, 5) is 41.9. The Bertz CT molecular complexity index is 1610. The Morgan fingerprint density at radius 1 is 0.806 bits per heavy atom. The molecule has 1 N–H and O–H groups in total. The van der Waals surface area contributed by atoms with Gasteiger partial charge in [-0.15, -0.1) is 10.2 Å². The van der Waals surface area contributed by atoms with E-state index < -0.39 is 11.9 Å². The van der Waals surface area contributed by atoms with Crippen LogP contribution in [0.25, 0.3) is 16.7 Å². The number of carbonyl (C=O) groups excluding carboxylic acids is 3. The molecule has 10 heteroatoms. The number of nitrogens with one attached hydrogen (secondary N) is 1. The molecule has 0 fully saturated rings. The number of aromatic nitrogens is 4. The Morgan fingerprint density at radius 3 is 2.17 bits per heavy atom. The summed E-state index contributed by atoms with van der Waals surface area (Å²) in [6.07, 6.45) is 1.52. The van der Waals surface area contributed by atoms with Crippen LogP contribution in [0.5, 0.6) is 0 Å². The molecule has 0 aliphatic heterocycles. The van der Waals surface area contributed by atoms with E-state index in [-0.39, 0.29) is 16.9 Å². The highest BCUT2D eigenvalue weighted by Crippen LogP contribution is 2.26. The van der Waals surface area contributed by atoms with Gasteiger partial charge in [0, 0.05) is 16.8 Å². The third-order valence-corrected chi connectivity index (χ3v) is 5.56. The van der Waals surface area contributed by atoms with Gasteiger partial charge in [0.2, 0.25) is 5.65 Å². The monoisotopic (exact) mass is 481 g/mol. The zero-order chi connectivity index (χ0) is 25.2. The molecule has 0 saturated carbocycles. The highest BCUT2D eigenvalue weighted by molar-refractivity contribution is 6.10. The number of rotatable bonds is 6. The number of hydrogen-bond acceptors (Lipinski definition) is 9. The van der Waals surface area contributed by atoms with Gasteiger partial charge in [0.05, 0.1) is 36.4 Å². The molecule has 0 spiro atoms. The summed E-state index contributed by atoms with van der Waals surface area (Å²) in [7, 11) is 2.50. The van der Waals surface area contributed by atoms with Crippen LogP contribution in [0.2, 0.25) is 0 Å². The molecule has 2 heterocycles. The number of methoxy groups -OCH3 is 2. The van der Waals surface area contributed by atoms with Crippen LogP contribution in [0, 0.1) is 0 Å². The molecular formula is C26H19N5O5. The molecule has 2 aromatic heterocycles. The largest absolute Gasteiger partial charge is 0.465 e. The fourth-order valence-electron chi connectivity index (χ4n) is 3.84. The van der Waals surface area contributed by atoms with E-state index in [0.29, 0.717) is 39.3 Å². The lowest BCUT2D eigenvalue weighted by atomic mass is 10.0. The van der Waals surface area contributed by atoms with Crippen molar-refractivity contribution in [1.29, 1.82) is 0 Å². The van der Waals surface area contributed by atoms with Crippen LogP contribution in [0.4, 0.5) is 11.5 Å². The lowest BCUT2D eigenvalue weighted by Gasteiger charge is -2.12. The van der Waals surface area contributed by atoms with Crippen molar-refractivity contribution in [2.24, 2.45) is 0 Å². The minimum Gasteiger partial charge on any atom is -0.465 e. The lowest BCUT2D eigenvalue weighted by Crippen LogP contribution is -2.08. The van der Waals surface area contributed by atoms with Crippen molar-refractivity contribution in [3.8, 4) is 0 Å². The van der Waals surface area contributed by atoms with Gasteiger partial charge in [0.15, 0.2) is 11.6 Å². The summed E-state index contributed by atoms with van der Waals surface area (Å²) in [6, 6.07) is 18.6. The molecule has 0 bridgehead atoms. The van der Waals surface area contributed by atoms with Gasteiger partial charge in [0.1, 0.15) is 6.33 Å². The SMILES string of the molecule is COC(=O)c1cc(Nc2nc3ccc(C(=O)c4ccccc4)cc3n3cnnc23)cc(C(=O)OC)c1. The van der Waals surface area contributed by atoms with Gasteiger partial charge in [-0.3, -0.25) is 9.20 Å². The summed E-state index contributed by atoms with van der Waals surface area (Å²) >= 11 is 0. The molecule has 5 aromatic rings. The molecule has 0 atom stereocenters. The summed E-state index contributed by atoms with van der Waals surface area (Å²) in [6.45, 7) is 0. The minimum atomic E-state index is -0.612. The van der Waals surface area contributed by atoms with Crippen LogP contribution in [0.3, 0.4) is 0 Å². The molecule has 36 heavy (non-hydrogen) atoms. The molecule has 178 valence electrons.